The van der Waals surface area contributed by atoms with Crippen molar-refractivity contribution < 1.29 is 15.5 Å². The largest absolute Gasteiger partial charge is 0.392 e. The van der Waals surface area contributed by atoms with E-state index in [1.807, 2.05) is 0 Å². The van der Waals surface area contributed by atoms with E-state index >= 15 is 0 Å². The number of hydrogen-bond acceptors (Lipinski definition) is 4. The van der Waals surface area contributed by atoms with Crippen molar-refractivity contribution in [3.8, 4) is 0 Å². The van der Waals surface area contributed by atoms with Crippen molar-refractivity contribution in [1.82, 2.24) is 5.23 Å². The lowest BCUT2D eigenvalue weighted by Crippen LogP contribution is -2.24. The third-order valence-electron chi connectivity index (χ3n) is 0.428. The maximum absolute atomic E-state index is 8.36. The second-order valence-corrected chi connectivity index (χ2v) is 1.40. The highest BCUT2D eigenvalue weighted by Gasteiger charge is 1.97. The summed E-state index contributed by atoms with van der Waals surface area (Å²) in [5, 5.41) is 24.2. The molecular formula is C3H9NO3. The molecule has 1 unspecified atom stereocenters. The van der Waals surface area contributed by atoms with Gasteiger partial charge in [-0.2, -0.15) is 0 Å². The van der Waals surface area contributed by atoms with Crippen LogP contribution in [0.25, 0.3) is 0 Å². The molecule has 0 aliphatic heterocycles. The first-order valence-corrected chi connectivity index (χ1v) is 1.96. The number of aliphatic hydroxyl groups is 1. The van der Waals surface area contributed by atoms with E-state index in [0.717, 1.165) is 0 Å². The second-order valence-electron chi connectivity index (χ2n) is 1.40. The summed E-state index contributed by atoms with van der Waals surface area (Å²) in [6, 6.07) is 0. The van der Waals surface area contributed by atoms with Gasteiger partial charge < -0.3 is 5.11 Å². The van der Waals surface area contributed by atoms with Gasteiger partial charge in [0.1, 0.15) is 0 Å². The summed E-state index contributed by atoms with van der Waals surface area (Å²) in [6.45, 7) is 1.32. The minimum Gasteiger partial charge on any atom is -0.392 e. The van der Waals surface area contributed by atoms with E-state index in [-0.39, 0.29) is 11.8 Å². The SMILES string of the molecule is CC(O)CN(O)O. The van der Waals surface area contributed by atoms with Crippen LogP contribution in [0.4, 0.5) is 0 Å². The van der Waals surface area contributed by atoms with E-state index < -0.39 is 6.10 Å². The van der Waals surface area contributed by atoms with Gasteiger partial charge in [-0.15, -0.1) is 0 Å². The molecule has 0 aliphatic carbocycles. The van der Waals surface area contributed by atoms with Crippen molar-refractivity contribution >= 4 is 0 Å². The fraction of sp³-hybridized carbons (Fsp3) is 1.00. The Kier molecular flexibility index (Phi) is 2.86. The molecule has 0 amide bonds. The summed E-state index contributed by atoms with van der Waals surface area (Å²) < 4.78 is 0. The lowest BCUT2D eigenvalue weighted by atomic mass is 10.4. The summed E-state index contributed by atoms with van der Waals surface area (Å²) in [4.78, 5) is 0. The fourth-order valence-electron chi connectivity index (χ4n) is 0.236. The van der Waals surface area contributed by atoms with E-state index in [2.05, 4.69) is 0 Å². The third-order valence-corrected chi connectivity index (χ3v) is 0.428. The molecule has 0 saturated heterocycles. The Bertz CT molecular complexity index is 39.4. The summed E-state index contributed by atoms with van der Waals surface area (Å²) in [5.41, 5.74) is 0. The van der Waals surface area contributed by atoms with Crippen LogP contribution in [0.15, 0.2) is 0 Å². The molecule has 7 heavy (non-hydrogen) atoms. The van der Waals surface area contributed by atoms with Crippen LogP contribution in [0.2, 0.25) is 0 Å². The lowest BCUT2D eigenvalue weighted by Gasteiger charge is -2.06. The Morgan fingerprint density at radius 2 is 2.00 bits per heavy atom. The molecular weight excluding hydrogens is 98.0 g/mol. The second kappa shape index (κ2) is 2.92. The molecule has 0 saturated carbocycles. The van der Waals surface area contributed by atoms with Gasteiger partial charge in [-0.25, -0.2) is 0 Å². The van der Waals surface area contributed by atoms with Crippen LogP contribution >= 0.6 is 0 Å². The average Bonchev–Trinajstić information content (AvgIpc) is 1.27. The van der Waals surface area contributed by atoms with Crippen molar-refractivity contribution in [3.05, 3.63) is 0 Å². The minimum atomic E-state index is -0.699. The molecule has 44 valence electrons. The van der Waals surface area contributed by atoms with E-state index in [4.69, 9.17) is 15.5 Å². The van der Waals surface area contributed by atoms with Gasteiger partial charge in [0.2, 0.25) is 0 Å². The van der Waals surface area contributed by atoms with E-state index in [1.165, 1.54) is 6.92 Å². The highest BCUT2D eigenvalue weighted by Crippen LogP contribution is 1.79. The molecule has 0 aromatic rings. The van der Waals surface area contributed by atoms with Crippen molar-refractivity contribution in [2.45, 2.75) is 13.0 Å². The van der Waals surface area contributed by atoms with Gasteiger partial charge in [-0.05, 0) is 6.92 Å². The van der Waals surface area contributed by atoms with Crippen molar-refractivity contribution in [3.63, 3.8) is 0 Å². The van der Waals surface area contributed by atoms with Gasteiger partial charge in [0.05, 0.1) is 12.6 Å². The van der Waals surface area contributed by atoms with E-state index in [9.17, 15) is 0 Å². The molecule has 0 bridgehead atoms. The quantitative estimate of drug-likeness (QED) is 0.414. The van der Waals surface area contributed by atoms with Crippen molar-refractivity contribution in [2.75, 3.05) is 6.54 Å². The maximum atomic E-state index is 8.36. The van der Waals surface area contributed by atoms with Crippen LogP contribution in [0.3, 0.4) is 0 Å². The number of rotatable bonds is 2. The van der Waals surface area contributed by atoms with Gasteiger partial charge in [-0.1, -0.05) is 5.23 Å². The third kappa shape index (κ3) is 5.84. The van der Waals surface area contributed by atoms with Gasteiger partial charge in [0, 0.05) is 0 Å². The minimum absolute atomic E-state index is 0.0509. The zero-order valence-electron chi connectivity index (χ0n) is 4.07. The van der Waals surface area contributed by atoms with Crippen LogP contribution in [-0.4, -0.2) is 33.4 Å². The zero-order chi connectivity index (χ0) is 5.86. The standard InChI is InChI=1S/C3H9NO3/c1-3(5)2-4(6)7/h3,5-7H,2H2,1H3. The van der Waals surface area contributed by atoms with E-state index in [0.29, 0.717) is 0 Å². The zero-order valence-corrected chi connectivity index (χ0v) is 4.07. The van der Waals surface area contributed by atoms with Gasteiger partial charge in [0.25, 0.3) is 0 Å². The molecule has 3 N–H and O–H groups in total. The maximum Gasteiger partial charge on any atom is 0.0769 e. The first-order chi connectivity index (χ1) is 3.13. The Morgan fingerprint density at radius 1 is 1.57 bits per heavy atom. The van der Waals surface area contributed by atoms with Crippen LogP contribution in [-0.2, 0) is 0 Å². The van der Waals surface area contributed by atoms with Crippen LogP contribution in [0.5, 0.6) is 0 Å². The molecule has 0 heterocycles. The first kappa shape index (κ1) is 6.84. The number of aliphatic hydroxyl groups excluding tert-OH is 1. The van der Waals surface area contributed by atoms with Crippen LogP contribution < -0.4 is 0 Å². The Balaban J connectivity index is 2.95. The lowest BCUT2D eigenvalue weighted by molar-refractivity contribution is -0.314. The topological polar surface area (TPSA) is 63.9 Å². The molecule has 0 radical (unpaired) electrons. The number of nitrogens with zero attached hydrogens (tertiary/aromatic N) is 1. The smallest absolute Gasteiger partial charge is 0.0769 e. The molecule has 0 aromatic carbocycles. The molecule has 0 spiro atoms. The van der Waals surface area contributed by atoms with Crippen LogP contribution in [0.1, 0.15) is 6.92 Å². The van der Waals surface area contributed by atoms with E-state index in [1.54, 1.807) is 0 Å². The fourth-order valence-corrected chi connectivity index (χ4v) is 0.236. The van der Waals surface area contributed by atoms with Gasteiger partial charge in [0.15, 0.2) is 0 Å². The first-order valence-electron chi connectivity index (χ1n) is 1.96. The predicted molar refractivity (Wildman–Crippen MR) is 22.0 cm³/mol. The highest BCUT2D eigenvalue weighted by atomic mass is 16.8. The van der Waals surface area contributed by atoms with Gasteiger partial charge in [-0.3, -0.25) is 10.4 Å². The van der Waals surface area contributed by atoms with Crippen molar-refractivity contribution in [2.24, 2.45) is 0 Å². The molecule has 0 aliphatic rings. The number of hydroxylamine groups is 2. The summed E-state index contributed by atoms with van der Waals surface area (Å²) >= 11 is 0. The Labute approximate surface area is 41.5 Å². The molecule has 0 aromatic heterocycles. The summed E-state index contributed by atoms with van der Waals surface area (Å²) in [7, 11) is 0. The summed E-state index contributed by atoms with van der Waals surface area (Å²) in [5.74, 6) is 0. The normalized spacial score (nSPS) is 15.0. The number of hydrogen-bond donors (Lipinski definition) is 3. The molecule has 1 atom stereocenters. The molecule has 4 nitrogen and oxygen atoms in total. The predicted octanol–water partition coefficient (Wildman–Crippen LogP) is -0.552. The van der Waals surface area contributed by atoms with Crippen LogP contribution in [0, 0.1) is 0 Å². The monoisotopic (exact) mass is 107 g/mol. The van der Waals surface area contributed by atoms with Gasteiger partial charge >= 0.3 is 0 Å². The average molecular weight is 107 g/mol. The molecule has 0 fully saturated rings. The Hall–Kier alpha value is -0.160. The highest BCUT2D eigenvalue weighted by molar-refractivity contribution is 4.41. The molecule has 4 heteroatoms. The Morgan fingerprint density at radius 3 is 2.00 bits per heavy atom. The molecule has 0 rings (SSSR count). The summed E-state index contributed by atoms with van der Waals surface area (Å²) in [6.07, 6.45) is -0.699. The van der Waals surface area contributed by atoms with Crippen molar-refractivity contribution in [1.29, 1.82) is 0 Å².